The van der Waals surface area contributed by atoms with Crippen LogP contribution in [0.5, 0.6) is 5.75 Å². The van der Waals surface area contributed by atoms with Gasteiger partial charge in [0.15, 0.2) is 0 Å². The molecule has 2 aromatic carbocycles. The van der Waals surface area contributed by atoms with E-state index in [2.05, 4.69) is 6.07 Å². The van der Waals surface area contributed by atoms with Gasteiger partial charge in [-0.1, -0.05) is 18.2 Å². The van der Waals surface area contributed by atoms with Crippen molar-refractivity contribution in [1.82, 2.24) is 0 Å². The molecular weight excluding hydrogens is 360 g/mol. The number of hydrogen-bond acceptors (Lipinski definition) is 6. The predicted molar refractivity (Wildman–Crippen MR) is 106 cm³/mol. The second kappa shape index (κ2) is 8.73. The molecule has 0 spiro atoms. The zero-order valence-corrected chi connectivity index (χ0v) is 16.1. The third-order valence-corrected chi connectivity index (χ3v) is 5.10. The second-order valence-electron chi connectivity index (χ2n) is 6.68. The van der Waals surface area contributed by atoms with E-state index < -0.39 is 10.9 Å². The van der Waals surface area contributed by atoms with Crippen molar-refractivity contribution in [2.45, 2.75) is 25.7 Å². The molecule has 0 atom stereocenters. The van der Waals surface area contributed by atoms with Crippen molar-refractivity contribution in [3.8, 4) is 5.75 Å². The van der Waals surface area contributed by atoms with Crippen molar-refractivity contribution in [3.63, 3.8) is 0 Å². The SMILES string of the molecule is CCOC(=O)c1ccc(N2CCC(c3ccccc3OC)CC2)c([N+](=O)[O-])c1. The normalized spacial score (nSPS) is 14.6. The first kappa shape index (κ1) is 19.7. The third kappa shape index (κ3) is 4.08. The average molecular weight is 384 g/mol. The number of carbonyl (C=O) groups excluding carboxylic acids is 1. The minimum atomic E-state index is -0.549. The van der Waals surface area contributed by atoms with Crippen LogP contribution in [0, 0.1) is 10.1 Å². The number of carbonyl (C=O) groups is 1. The highest BCUT2D eigenvalue weighted by Crippen LogP contribution is 2.37. The Morgan fingerprint density at radius 1 is 1.21 bits per heavy atom. The maximum absolute atomic E-state index is 11.9. The monoisotopic (exact) mass is 384 g/mol. The molecule has 0 unspecified atom stereocenters. The summed E-state index contributed by atoms with van der Waals surface area (Å²) in [6.45, 7) is 3.32. The minimum absolute atomic E-state index is 0.0682. The van der Waals surface area contributed by atoms with Crippen molar-refractivity contribution in [2.24, 2.45) is 0 Å². The molecule has 1 aliphatic heterocycles. The van der Waals surface area contributed by atoms with Crippen LogP contribution < -0.4 is 9.64 Å². The highest BCUT2D eigenvalue weighted by atomic mass is 16.6. The zero-order valence-electron chi connectivity index (χ0n) is 16.1. The van der Waals surface area contributed by atoms with Crippen LogP contribution in [-0.4, -0.2) is 37.7 Å². The topological polar surface area (TPSA) is 81.9 Å². The fourth-order valence-electron chi connectivity index (χ4n) is 3.71. The van der Waals surface area contributed by atoms with Crippen LogP contribution in [-0.2, 0) is 4.74 Å². The standard InChI is InChI=1S/C21H24N2O5/c1-3-28-21(24)16-8-9-18(19(14-16)23(25)26)22-12-10-15(11-13-22)17-6-4-5-7-20(17)27-2/h4-9,14-15H,3,10-13H2,1-2H3. The van der Waals surface area contributed by atoms with E-state index in [1.54, 1.807) is 26.2 Å². The van der Waals surface area contributed by atoms with Crippen molar-refractivity contribution in [3.05, 3.63) is 63.7 Å². The van der Waals surface area contributed by atoms with Crippen LogP contribution >= 0.6 is 0 Å². The fraction of sp³-hybridized carbons (Fsp3) is 0.381. The van der Waals surface area contributed by atoms with Gasteiger partial charge in [0.25, 0.3) is 5.69 Å². The molecule has 1 saturated heterocycles. The number of para-hydroxylation sites is 1. The molecule has 3 rings (SSSR count). The maximum Gasteiger partial charge on any atom is 0.338 e. The fourth-order valence-corrected chi connectivity index (χ4v) is 3.71. The van der Waals surface area contributed by atoms with E-state index >= 15 is 0 Å². The van der Waals surface area contributed by atoms with Crippen molar-refractivity contribution in [1.29, 1.82) is 0 Å². The van der Waals surface area contributed by atoms with Crippen molar-refractivity contribution in [2.75, 3.05) is 31.7 Å². The summed E-state index contributed by atoms with van der Waals surface area (Å²) in [5, 5.41) is 11.6. The van der Waals surface area contributed by atoms with E-state index in [-0.39, 0.29) is 17.9 Å². The number of rotatable bonds is 6. The quantitative estimate of drug-likeness (QED) is 0.422. The van der Waals surface area contributed by atoms with Gasteiger partial charge in [0.1, 0.15) is 11.4 Å². The van der Waals surface area contributed by atoms with Crippen LogP contribution in [0.4, 0.5) is 11.4 Å². The largest absolute Gasteiger partial charge is 0.496 e. The molecule has 1 aliphatic rings. The smallest absolute Gasteiger partial charge is 0.338 e. The first-order valence-electron chi connectivity index (χ1n) is 9.38. The van der Waals surface area contributed by atoms with E-state index in [0.29, 0.717) is 24.7 Å². The molecule has 7 heteroatoms. The molecular formula is C21H24N2O5. The lowest BCUT2D eigenvalue weighted by Gasteiger charge is -2.34. The van der Waals surface area contributed by atoms with E-state index in [0.717, 1.165) is 18.6 Å². The molecule has 0 N–H and O–H groups in total. The molecule has 0 amide bonds. The minimum Gasteiger partial charge on any atom is -0.496 e. The number of methoxy groups -OCH3 is 1. The summed E-state index contributed by atoms with van der Waals surface area (Å²) in [7, 11) is 1.67. The van der Waals surface area contributed by atoms with Gasteiger partial charge in [-0.15, -0.1) is 0 Å². The van der Waals surface area contributed by atoms with Crippen molar-refractivity contribution >= 4 is 17.3 Å². The Morgan fingerprint density at radius 3 is 2.57 bits per heavy atom. The van der Waals surface area contributed by atoms with Gasteiger partial charge in [0.05, 0.1) is 24.2 Å². The molecule has 1 heterocycles. The number of ether oxygens (including phenoxy) is 2. The maximum atomic E-state index is 11.9. The molecule has 28 heavy (non-hydrogen) atoms. The van der Waals surface area contributed by atoms with E-state index in [1.807, 2.05) is 23.1 Å². The lowest BCUT2D eigenvalue weighted by Crippen LogP contribution is -2.33. The highest BCUT2D eigenvalue weighted by molar-refractivity contribution is 5.91. The Balaban J connectivity index is 1.78. The molecule has 0 saturated carbocycles. The second-order valence-corrected chi connectivity index (χ2v) is 6.68. The molecule has 0 radical (unpaired) electrons. The number of anilines is 1. The summed E-state index contributed by atoms with van der Waals surface area (Å²) in [5.41, 5.74) is 1.84. The van der Waals surface area contributed by atoms with Gasteiger partial charge in [0, 0.05) is 19.2 Å². The van der Waals surface area contributed by atoms with E-state index in [4.69, 9.17) is 9.47 Å². The summed E-state index contributed by atoms with van der Waals surface area (Å²) in [4.78, 5) is 25.0. The zero-order chi connectivity index (χ0) is 20.1. The molecule has 1 fully saturated rings. The number of hydrogen-bond donors (Lipinski definition) is 0. The van der Waals surface area contributed by atoms with Gasteiger partial charge in [-0.05, 0) is 49.4 Å². The number of esters is 1. The molecule has 0 aromatic heterocycles. The average Bonchev–Trinajstić information content (AvgIpc) is 2.73. The Labute approximate surface area is 164 Å². The third-order valence-electron chi connectivity index (χ3n) is 5.10. The number of nitrogens with zero attached hydrogens (tertiary/aromatic N) is 2. The molecule has 148 valence electrons. The van der Waals surface area contributed by atoms with Gasteiger partial charge in [-0.25, -0.2) is 4.79 Å². The first-order valence-corrected chi connectivity index (χ1v) is 9.38. The molecule has 2 aromatic rings. The first-order chi connectivity index (χ1) is 13.5. The van der Waals surface area contributed by atoms with E-state index in [9.17, 15) is 14.9 Å². The Kier molecular flexibility index (Phi) is 6.13. The lowest BCUT2D eigenvalue weighted by atomic mass is 9.88. The molecule has 0 bridgehead atoms. The van der Waals surface area contributed by atoms with Gasteiger partial charge >= 0.3 is 5.97 Å². The van der Waals surface area contributed by atoms with Crippen molar-refractivity contribution < 1.29 is 19.2 Å². The Morgan fingerprint density at radius 2 is 1.93 bits per heavy atom. The van der Waals surface area contributed by atoms with Crippen LogP contribution in [0.2, 0.25) is 0 Å². The number of nitro benzene ring substituents is 1. The highest BCUT2D eigenvalue weighted by Gasteiger charge is 2.27. The van der Waals surface area contributed by atoms with Gasteiger partial charge < -0.3 is 14.4 Å². The molecule has 0 aliphatic carbocycles. The summed E-state index contributed by atoms with van der Waals surface area (Å²) < 4.78 is 10.4. The summed E-state index contributed by atoms with van der Waals surface area (Å²) >= 11 is 0. The van der Waals surface area contributed by atoms with Gasteiger partial charge in [-0.3, -0.25) is 10.1 Å². The number of piperidine rings is 1. The number of benzene rings is 2. The van der Waals surface area contributed by atoms with E-state index in [1.165, 1.54) is 11.6 Å². The van der Waals surface area contributed by atoms with Crippen LogP contribution in [0.25, 0.3) is 0 Å². The van der Waals surface area contributed by atoms with Gasteiger partial charge in [0.2, 0.25) is 0 Å². The molecule has 7 nitrogen and oxygen atoms in total. The Hall–Kier alpha value is -3.09. The van der Waals surface area contributed by atoms with Crippen LogP contribution in [0.3, 0.4) is 0 Å². The van der Waals surface area contributed by atoms with Crippen LogP contribution in [0.15, 0.2) is 42.5 Å². The lowest BCUT2D eigenvalue weighted by molar-refractivity contribution is -0.384. The summed E-state index contributed by atoms with van der Waals surface area (Å²) in [6.07, 6.45) is 1.74. The summed E-state index contributed by atoms with van der Waals surface area (Å²) in [6, 6.07) is 12.5. The number of nitro groups is 1. The van der Waals surface area contributed by atoms with Gasteiger partial charge in [-0.2, -0.15) is 0 Å². The van der Waals surface area contributed by atoms with Crippen LogP contribution in [0.1, 0.15) is 41.6 Å². The predicted octanol–water partition coefficient (Wildman–Crippen LogP) is 4.16. The Bertz CT molecular complexity index is 860. The summed E-state index contributed by atoms with van der Waals surface area (Å²) in [5.74, 6) is 0.683.